The van der Waals surface area contributed by atoms with Crippen LogP contribution in [-0.4, -0.2) is 13.2 Å². The summed E-state index contributed by atoms with van der Waals surface area (Å²) >= 11 is 0. The Morgan fingerprint density at radius 3 is 2.20 bits per heavy atom. The van der Waals surface area contributed by atoms with Gasteiger partial charge in [-0.3, -0.25) is 0 Å². The van der Waals surface area contributed by atoms with E-state index in [1.807, 2.05) is 0 Å². The van der Waals surface area contributed by atoms with Gasteiger partial charge in [-0.25, -0.2) is 0 Å². The molecule has 1 rings (SSSR count). The van der Waals surface area contributed by atoms with Gasteiger partial charge in [-0.15, -0.1) is 0 Å². The fourth-order valence-corrected chi connectivity index (χ4v) is 1.60. The molecule has 1 atom stereocenters. The average Bonchev–Trinajstić information content (AvgIpc) is 2.28. The summed E-state index contributed by atoms with van der Waals surface area (Å²) in [7, 11) is 1.75. The Morgan fingerprint density at radius 1 is 1.27 bits per heavy atom. The molecule has 2 nitrogen and oxygen atoms in total. The minimum absolute atomic E-state index is 0.0296. The van der Waals surface area contributed by atoms with Crippen molar-refractivity contribution in [3.05, 3.63) is 35.4 Å². The highest BCUT2D eigenvalue weighted by molar-refractivity contribution is 5.29. The van der Waals surface area contributed by atoms with Crippen molar-refractivity contribution in [2.45, 2.75) is 38.8 Å². The minimum Gasteiger partial charge on any atom is -0.381 e. The molecule has 2 heteroatoms. The third-order valence-electron chi connectivity index (χ3n) is 3.30. The SMILES string of the molecule is COC(C)C(C)(C)c1ccc(CN)cc1. The van der Waals surface area contributed by atoms with E-state index in [-0.39, 0.29) is 11.5 Å². The van der Waals surface area contributed by atoms with Gasteiger partial charge in [0, 0.05) is 19.1 Å². The summed E-state index contributed by atoms with van der Waals surface area (Å²) in [6, 6.07) is 8.44. The number of hydrogen-bond acceptors (Lipinski definition) is 2. The highest BCUT2D eigenvalue weighted by Gasteiger charge is 2.27. The monoisotopic (exact) mass is 207 g/mol. The van der Waals surface area contributed by atoms with E-state index < -0.39 is 0 Å². The highest BCUT2D eigenvalue weighted by Crippen LogP contribution is 2.28. The van der Waals surface area contributed by atoms with Crippen LogP contribution in [0.4, 0.5) is 0 Å². The quantitative estimate of drug-likeness (QED) is 0.823. The summed E-state index contributed by atoms with van der Waals surface area (Å²) in [4.78, 5) is 0. The van der Waals surface area contributed by atoms with E-state index in [1.54, 1.807) is 7.11 Å². The maximum Gasteiger partial charge on any atom is 0.0634 e. The molecule has 1 unspecified atom stereocenters. The van der Waals surface area contributed by atoms with E-state index in [0.717, 1.165) is 0 Å². The molecular weight excluding hydrogens is 186 g/mol. The molecule has 0 aromatic heterocycles. The zero-order valence-electron chi connectivity index (χ0n) is 10.1. The second-order valence-corrected chi connectivity index (χ2v) is 4.50. The Balaban J connectivity index is 2.94. The molecule has 0 heterocycles. The first-order valence-electron chi connectivity index (χ1n) is 5.34. The summed E-state index contributed by atoms with van der Waals surface area (Å²) in [5.41, 5.74) is 8.05. The topological polar surface area (TPSA) is 35.2 Å². The number of nitrogens with two attached hydrogens (primary N) is 1. The van der Waals surface area contributed by atoms with Gasteiger partial charge < -0.3 is 10.5 Å². The van der Waals surface area contributed by atoms with Gasteiger partial charge in [0.1, 0.15) is 0 Å². The van der Waals surface area contributed by atoms with Crippen LogP contribution in [0.3, 0.4) is 0 Å². The maximum atomic E-state index is 5.57. The molecule has 1 aromatic rings. The Morgan fingerprint density at radius 2 is 1.80 bits per heavy atom. The third kappa shape index (κ3) is 2.58. The summed E-state index contributed by atoms with van der Waals surface area (Å²) in [6.07, 6.45) is 0.196. The van der Waals surface area contributed by atoms with Crippen LogP contribution >= 0.6 is 0 Å². The van der Waals surface area contributed by atoms with Crippen molar-refractivity contribution in [3.8, 4) is 0 Å². The summed E-state index contributed by atoms with van der Waals surface area (Å²) < 4.78 is 5.40. The zero-order valence-corrected chi connectivity index (χ0v) is 10.1. The Kier molecular flexibility index (Phi) is 3.89. The molecule has 0 fully saturated rings. The second-order valence-electron chi connectivity index (χ2n) is 4.50. The van der Waals surface area contributed by atoms with Crippen LogP contribution in [0, 0.1) is 0 Å². The van der Waals surface area contributed by atoms with Crippen molar-refractivity contribution >= 4 is 0 Å². The highest BCUT2D eigenvalue weighted by atomic mass is 16.5. The van der Waals surface area contributed by atoms with Crippen molar-refractivity contribution in [3.63, 3.8) is 0 Å². The molecule has 0 saturated carbocycles. The predicted molar refractivity (Wildman–Crippen MR) is 63.8 cm³/mol. The number of ether oxygens (including phenoxy) is 1. The van der Waals surface area contributed by atoms with Gasteiger partial charge in [-0.1, -0.05) is 38.1 Å². The van der Waals surface area contributed by atoms with E-state index in [0.29, 0.717) is 6.54 Å². The summed E-state index contributed by atoms with van der Waals surface area (Å²) in [6.45, 7) is 7.08. The standard InChI is InChI=1S/C13H21NO/c1-10(15-4)13(2,3)12-7-5-11(9-14)6-8-12/h5-8,10H,9,14H2,1-4H3. The lowest BCUT2D eigenvalue weighted by molar-refractivity contribution is 0.0607. The molecule has 0 radical (unpaired) electrons. The number of rotatable bonds is 4. The molecule has 84 valence electrons. The van der Waals surface area contributed by atoms with Crippen molar-refractivity contribution in [1.82, 2.24) is 0 Å². The predicted octanol–water partition coefficient (Wildman–Crippen LogP) is 2.46. The molecule has 0 aliphatic carbocycles. The van der Waals surface area contributed by atoms with Crippen LogP contribution in [0.1, 0.15) is 31.9 Å². The van der Waals surface area contributed by atoms with Gasteiger partial charge in [0.2, 0.25) is 0 Å². The third-order valence-corrected chi connectivity index (χ3v) is 3.30. The second kappa shape index (κ2) is 4.77. The van der Waals surface area contributed by atoms with Gasteiger partial charge in [0.25, 0.3) is 0 Å². The number of benzene rings is 1. The molecule has 0 amide bonds. The fourth-order valence-electron chi connectivity index (χ4n) is 1.60. The van der Waals surface area contributed by atoms with E-state index in [9.17, 15) is 0 Å². The Labute approximate surface area is 92.4 Å². The lowest BCUT2D eigenvalue weighted by Gasteiger charge is -2.31. The smallest absolute Gasteiger partial charge is 0.0634 e. The fraction of sp³-hybridized carbons (Fsp3) is 0.538. The van der Waals surface area contributed by atoms with E-state index >= 15 is 0 Å². The van der Waals surface area contributed by atoms with E-state index in [1.165, 1.54) is 11.1 Å². The first kappa shape index (κ1) is 12.2. The number of methoxy groups -OCH3 is 1. The Hall–Kier alpha value is -0.860. The Bertz CT molecular complexity index is 303. The van der Waals surface area contributed by atoms with E-state index in [2.05, 4.69) is 45.0 Å². The molecule has 0 saturated heterocycles. The molecule has 15 heavy (non-hydrogen) atoms. The molecule has 2 N–H and O–H groups in total. The van der Waals surface area contributed by atoms with Gasteiger partial charge in [-0.2, -0.15) is 0 Å². The average molecular weight is 207 g/mol. The number of hydrogen-bond donors (Lipinski definition) is 1. The minimum atomic E-state index is 0.0296. The van der Waals surface area contributed by atoms with Gasteiger partial charge >= 0.3 is 0 Å². The largest absolute Gasteiger partial charge is 0.381 e. The van der Waals surface area contributed by atoms with Gasteiger partial charge in [0.05, 0.1) is 6.10 Å². The molecule has 0 aliphatic rings. The maximum absolute atomic E-state index is 5.57. The van der Waals surface area contributed by atoms with Crippen LogP contribution in [-0.2, 0) is 16.7 Å². The molecule has 1 aromatic carbocycles. The van der Waals surface area contributed by atoms with Crippen molar-refractivity contribution < 1.29 is 4.74 Å². The molecule has 0 spiro atoms. The summed E-state index contributed by atoms with van der Waals surface area (Å²) in [5, 5.41) is 0. The molecule has 0 aliphatic heterocycles. The zero-order chi connectivity index (χ0) is 11.5. The van der Waals surface area contributed by atoms with E-state index in [4.69, 9.17) is 10.5 Å². The van der Waals surface area contributed by atoms with Gasteiger partial charge in [-0.05, 0) is 18.1 Å². The normalized spacial score (nSPS) is 13.9. The molecular formula is C13H21NO. The van der Waals surface area contributed by atoms with Crippen molar-refractivity contribution in [2.75, 3.05) is 7.11 Å². The summed E-state index contributed by atoms with van der Waals surface area (Å²) in [5.74, 6) is 0. The lowest BCUT2D eigenvalue weighted by Crippen LogP contribution is -2.32. The molecule has 0 bridgehead atoms. The first-order valence-corrected chi connectivity index (χ1v) is 5.34. The van der Waals surface area contributed by atoms with Crippen LogP contribution < -0.4 is 5.73 Å². The first-order chi connectivity index (χ1) is 7.02. The van der Waals surface area contributed by atoms with Crippen LogP contribution in [0.15, 0.2) is 24.3 Å². The van der Waals surface area contributed by atoms with Crippen LogP contribution in [0.5, 0.6) is 0 Å². The van der Waals surface area contributed by atoms with Crippen molar-refractivity contribution in [2.24, 2.45) is 5.73 Å². The van der Waals surface area contributed by atoms with Crippen LogP contribution in [0.25, 0.3) is 0 Å². The van der Waals surface area contributed by atoms with Crippen LogP contribution in [0.2, 0.25) is 0 Å². The lowest BCUT2D eigenvalue weighted by atomic mass is 9.80. The van der Waals surface area contributed by atoms with Gasteiger partial charge in [0.15, 0.2) is 0 Å². The van der Waals surface area contributed by atoms with Crippen molar-refractivity contribution in [1.29, 1.82) is 0 Å².